The Kier molecular flexibility index (Phi) is 1.77. The second-order valence-electron chi connectivity index (χ2n) is 3.65. The SMILES string of the molecule is NC1(C(F)c2ccccc2O)CC1. The summed E-state index contributed by atoms with van der Waals surface area (Å²) in [6, 6.07) is 6.43. The zero-order valence-electron chi connectivity index (χ0n) is 7.20. The largest absolute Gasteiger partial charge is 0.508 e. The van der Waals surface area contributed by atoms with Crippen LogP contribution in [-0.2, 0) is 0 Å². The van der Waals surface area contributed by atoms with Gasteiger partial charge in [-0.2, -0.15) is 0 Å². The van der Waals surface area contributed by atoms with Gasteiger partial charge < -0.3 is 10.8 Å². The van der Waals surface area contributed by atoms with Crippen LogP contribution in [0.4, 0.5) is 4.39 Å². The highest BCUT2D eigenvalue weighted by Crippen LogP contribution is 2.47. The molecule has 1 unspecified atom stereocenters. The first kappa shape index (κ1) is 8.51. The van der Waals surface area contributed by atoms with Crippen molar-refractivity contribution >= 4 is 0 Å². The van der Waals surface area contributed by atoms with Crippen LogP contribution in [0.3, 0.4) is 0 Å². The average molecular weight is 181 g/mol. The Bertz CT molecular complexity index is 322. The van der Waals surface area contributed by atoms with Gasteiger partial charge >= 0.3 is 0 Å². The van der Waals surface area contributed by atoms with Gasteiger partial charge in [0.15, 0.2) is 0 Å². The van der Waals surface area contributed by atoms with Crippen LogP contribution in [-0.4, -0.2) is 10.6 Å². The molecule has 13 heavy (non-hydrogen) atoms. The van der Waals surface area contributed by atoms with Crippen molar-refractivity contribution in [2.45, 2.75) is 24.6 Å². The number of hydrogen-bond donors (Lipinski definition) is 2. The van der Waals surface area contributed by atoms with Gasteiger partial charge in [0.1, 0.15) is 11.9 Å². The highest BCUT2D eigenvalue weighted by molar-refractivity contribution is 5.36. The molecule has 0 spiro atoms. The maximum absolute atomic E-state index is 13.7. The molecule has 0 aromatic heterocycles. The summed E-state index contributed by atoms with van der Waals surface area (Å²) >= 11 is 0. The number of alkyl halides is 1. The van der Waals surface area contributed by atoms with E-state index in [0.29, 0.717) is 18.4 Å². The summed E-state index contributed by atoms with van der Waals surface area (Å²) in [5, 5.41) is 9.38. The minimum absolute atomic E-state index is 0.00766. The molecule has 3 heteroatoms. The maximum Gasteiger partial charge on any atom is 0.147 e. The molecule has 1 aromatic carbocycles. The van der Waals surface area contributed by atoms with Crippen LogP contribution in [0.2, 0.25) is 0 Å². The van der Waals surface area contributed by atoms with Crippen LogP contribution in [0.25, 0.3) is 0 Å². The lowest BCUT2D eigenvalue weighted by Gasteiger charge is -2.16. The van der Waals surface area contributed by atoms with Crippen molar-refractivity contribution in [3.63, 3.8) is 0 Å². The van der Waals surface area contributed by atoms with Gasteiger partial charge in [0.25, 0.3) is 0 Å². The monoisotopic (exact) mass is 181 g/mol. The quantitative estimate of drug-likeness (QED) is 0.731. The van der Waals surface area contributed by atoms with Crippen molar-refractivity contribution in [3.8, 4) is 5.75 Å². The third-order valence-corrected chi connectivity index (χ3v) is 2.54. The van der Waals surface area contributed by atoms with E-state index in [1.807, 2.05) is 0 Å². The first-order chi connectivity index (χ1) is 6.13. The third kappa shape index (κ3) is 1.40. The number of aromatic hydroxyl groups is 1. The molecule has 1 fully saturated rings. The molecule has 0 aliphatic heterocycles. The van der Waals surface area contributed by atoms with E-state index in [1.54, 1.807) is 18.2 Å². The predicted molar refractivity (Wildman–Crippen MR) is 48.1 cm³/mol. The molecule has 1 aliphatic rings. The van der Waals surface area contributed by atoms with Crippen molar-refractivity contribution in [1.29, 1.82) is 0 Å². The Hall–Kier alpha value is -1.09. The molecule has 2 rings (SSSR count). The molecule has 70 valence electrons. The lowest BCUT2D eigenvalue weighted by molar-refractivity contribution is 0.266. The molecular formula is C10H12FNO. The van der Waals surface area contributed by atoms with E-state index in [9.17, 15) is 9.50 Å². The van der Waals surface area contributed by atoms with Crippen molar-refractivity contribution in [3.05, 3.63) is 29.8 Å². The molecular weight excluding hydrogens is 169 g/mol. The molecule has 0 saturated heterocycles. The number of phenolic OH excluding ortho intramolecular Hbond substituents is 1. The summed E-state index contributed by atoms with van der Waals surface area (Å²) in [6.45, 7) is 0. The van der Waals surface area contributed by atoms with Crippen molar-refractivity contribution in [1.82, 2.24) is 0 Å². The van der Waals surface area contributed by atoms with E-state index in [1.165, 1.54) is 6.07 Å². The number of phenols is 1. The highest BCUT2D eigenvalue weighted by atomic mass is 19.1. The first-order valence-electron chi connectivity index (χ1n) is 4.34. The minimum atomic E-state index is -1.24. The molecule has 0 heterocycles. The van der Waals surface area contributed by atoms with Crippen molar-refractivity contribution < 1.29 is 9.50 Å². The van der Waals surface area contributed by atoms with E-state index < -0.39 is 11.7 Å². The number of rotatable bonds is 2. The van der Waals surface area contributed by atoms with Gasteiger partial charge in [-0.05, 0) is 18.9 Å². The lowest BCUT2D eigenvalue weighted by atomic mass is 10.0. The third-order valence-electron chi connectivity index (χ3n) is 2.54. The van der Waals surface area contributed by atoms with Gasteiger partial charge in [0, 0.05) is 5.56 Å². The molecule has 0 radical (unpaired) electrons. The topological polar surface area (TPSA) is 46.2 Å². The fraction of sp³-hybridized carbons (Fsp3) is 0.400. The Morgan fingerprint density at radius 1 is 1.38 bits per heavy atom. The summed E-state index contributed by atoms with van der Waals surface area (Å²) in [7, 11) is 0. The molecule has 1 aromatic rings. The second kappa shape index (κ2) is 2.70. The number of para-hydroxylation sites is 1. The van der Waals surface area contributed by atoms with Gasteiger partial charge in [-0.25, -0.2) is 4.39 Å². The van der Waals surface area contributed by atoms with Crippen LogP contribution in [0.5, 0.6) is 5.75 Å². The molecule has 2 nitrogen and oxygen atoms in total. The summed E-state index contributed by atoms with van der Waals surface area (Å²) in [4.78, 5) is 0. The van der Waals surface area contributed by atoms with Crippen LogP contribution < -0.4 is 5.73 Å². The first-order valence-corrected chi connectivity index (χ1v) is 4.34. The predicted octanol–water partition coefficient (Wildman–Crippen LogP) is 1.89. The second-order valence-corrected chi connectivity index (χ2v) is 3.65. The maximum atomic E-state index is 13.7. The summed E-state index contributed by atoms with van der Waals surface area (Å²) in [6.07, 6.45) is 0.152. The molecule has 0 amide bonds. The Balaban J connectivity index is 2.30. The number of nitrogens with two attached hydrogens (primary N) is 1. The lowest BCUT2D eigenvalue weighted by Crippen LogP contribution is -2.27. The minimum Gasteiger partial charge on any atom is -0.508 e. The van der Waals surface area contributed by atoms with Crippen LogP contribution in [0.15, 0.2) is 24.3 Å². The van der Waals surface area contributed by atoms with E-state index in [-0.39, 0.29) is 5.75 Å². The van der Waals surface area contributed by atoms with Gasteiger partial charge in [-0.3, -0.25) is 0 Å². The average Bonchev–Trinajstić information content (AvgIpc) is 2.85. The van der Waals surface area contributed by atoms with Crippen molar-refractivity contribution in [2.24, 2.45) is 5.73 Å². The fourth-order valence-corrected chi connectivity index (χ4v) is 1.41. The van der Waals surface area contributed by atoms with Gasteiger partial charge in [0.2, 0.25) is 0 Å². The molecule has 3 N–H and O–H groups in total. The summed E-state index contributed by atoms with van der Waals surface area (Å²) in [5.74, 6) is -0.00766. The van der Waals surface area contributed by atoms with Crippen LogP contribution >= 0.6 is 0 Å². The fourth-order valence-electron chi connectivity index (χ4n) is 1.41. The van der Waals surface area contributed by atoms with E-state index in [0.717, 1.165) is 0 Å². The summed E-state index contributed by atoms with van der Waals surface area (Å²) < 4.78 is 13.7. The van der Waals surface area contributed by atoms with Gasteiger partial charge in [-0.15, -0.1) is 0 Å². The Morgan fingerprint density at radius 2 is 2.00 bits per heavy atom. The van der Waals surface area contributed by atoms with Crippen LogP contribution in [0, 0.1) is 0 Å². The van der Waals surface area contributed by atoms with Gasteiger partial charge in [-0.1, -0.05) is 18.2 Å². The Labute approximate surface area is 76.2 Å². The van der Waals surface area contributed by atoms with Crippen LogP contribution in [0.1, 0.15) is 24.6 Å². The zero-order chi connectivity index (χ0) is 9.47. The smallest absolute Gasteiger partial charge is 0.147 e. The molecule has 0 bridgehead atoms. The highest BCUT2D eigenvalue weighted by Gasteiger charge is 2.47. The normalized spacial score (nSPS) is 21.1. The number of benzene rings is 1. The molecule has 1 saturated carbocycles. The molecule has 1 aliphatic carbocycles. The van der Waals surface area contributed by atoms with E-state index >= 15 is 0 Å². The Morgan fingerprint density at radius 3 is 2.54 bits per heavy atom. The number of halogens is 1. The van der Waals surface area contributed by atoms with Crippen molar-refractivity contribution in [2.75, 3.05) is 0 Å². The van der Waals surface area contributed by atoms with E-state index in [2.05, 4.69) is 0 Å². The van der Waals surface area contributed by atoms with E-state index in [4.69, 9.17) is 5.73 Å². The zero-order valence-corrected chi connectivity index (χ0v) is 7.20. The standard InChI is InChI=1S/C10H12FNO/c11-9(10(12)5-6-10)7-3-1-2-4-8(7)13/h1-4,9,13H,5-6,12H2. The van der Waals surface area contributed by atoms with Gasteiger partial charge in [0.05, 0.1) is 5.54 Å². The summed E-state index contributed by atoms with van der Waals surface area (Å²) in [5.41, 5.74) is 5.29. The molecule has 1 atom stereocenters. The number of hydrogen-bond acceptors (Lipinski definition) is 2.